The molecule has 29 heavy (non-hydrogen) atoms. The number of nitrogens with zero attached hydrogens (tertiary/aromatic N) is 3. The predicted octanol–water partition coefficient (Wildman–Crippen LogP) is 1.26. The van der Waals surface area contributed by atoms with Crippen LogP contribution in [-0.2, 0) is 26.8 Å². The van der Waals surface area contributed by atoms with Gasteiger partial charge >= 0.3 is 6.03 Å². The lowest BCUT2D eigenvalue weighted by Gasteiger charge is -2.17. The minimum Gasteiger partial charge on any atom is -0.616 e. The van der Waals surface area contributed by atoms with Crippen molar-refractivity contribution >= 4 is 38.5 Å². The van der Waals surface area contributed by atoms with Crippen LogP contribution >= 0.6 is 0 Å². The van der Waals surface area contributed by atoms with Gasteiger partial charge in [0.05, 0.1) is 17.2 Å². The molecule has 156 valence electrons. The minimum atomic E-state index is -3.16. The summed E-state index contributed by atoms with van der Waals surface area (Å²) >= 11 is -1.05. The smallest absolute Gasteiger partial charge is 0.321 e. The molecule has 1 aliphatic heterocycles. The van der Waals surface area contributed by atoms with E-state index >= 15 is 0 Å². The zero-order valence-electron chi connectivity index (χ0n) is 16.2. The van der Waals surface area contributed by atoms with E-state index in [0.29, 0.717) is 41.6 Å². The van der Waals surface area contributed by atoms with Crippen molar-refractivity contribution in [2.45, 2.75) is 17.4 Å². The molecule has 3 N–H and O–H groups in total. The molecule has 9 nitrogen and oxygen atoms in total. The molecule has 1 saturated heterocycles. The average Bonchev–Trinajstić information content (AvgIpc) is 3.12. The maximum atomic E-state index is 12.4. The fourth-order valence-electron chi connectivity index (χ4n) is 3.10. The molecule has 1 aromatic heterocycles. The lowest BCUT2D eigenvalue weighted by atomic mass is 10.2. The van der Waals surface area contributed by atoms with Crippen molar-refractivity contribution in [1.82, 2.24) is 14.9 Å². The highest BCUT2D eigenvalue weighted by atomic mass is 32.2. The summed E-state index contributed by atoms with van der Waals surface area (Å²) in [6.45, 7) is 0.599. The number of benzene rings is 1. The zero-order valence-corrected chi connectivity index (χ0v) is 17.8. The molecule has 0 bridgehead atoms. The Labute approximate surface area is 172 Å². The SMILES string of the molecule is C[S+]([O-])Cc1cc(N)nc(-c2ccc(NC(=O)N3CCC(S(C)(=O)=O)C3)cc2)n1. The number of nitrogen functional groups attached to an aromatic ring is 1. The third-order valence-corrected chi connectivity index (χ3v) is 6.88. The highest BCUT2D eigenvalue weighted by Crippen LogP contribution is 2.22. The standard InChI is InChI=1S/C18H23N5O4S2/c1-28(25)11-14-9-16(19)22-17(20-14)12-3-5-13(6-4-12)21-18(24)23-8-7-15(10-23)29(2,26)27/h3-6,9,15H,7-8,10-11H2,1-2H3,(H,21,24)(H2,19,20,22). The van der Waals surface area contributed by atoms with Gasteiger partial charge in [-0.1, -0.05) is 11.2 Å². The zero-order chi connectivity index (χ0) is 21.2. The molecule has 2 amide bonds. The van der Waals surface area contributed by atoms with Crippen molar-refractivity contribution in [3.8, 4) is 11.4 Å². The number of anilines is 2. The number of nitrogens with two attached hydrogens (primary N) is 1. The molecular formula is C18H23N5O4S2. The van der Waals surface area contributed by atoms with Crippen molar-refractivity contribution in [3.05, 3.63) is 36.0 Å². The van der Waals surface area contributed by atoms with Crippen LogP contribution in [0.25, 0.3) is 11.4 Å². The van der Waals surface area contributed by atoms with Gasteiger partial charge in [-0.2, -0.15) is 0 Å². The number of sulfone groups is 1. The summed E-state index contributed by atoms with van der Waals surface area (Å²) in [5.74, 6) is 0.999. The lowest BCUT2D eigenvalue weighted by Crippen LogP contribution is -2.34. The van der Waals surface area contributed by atoms with E-state index in [1.807, 2.05) is 0 Å². The van der Waals surface area contributed by atoms with E-state index < -0.39 is 26.3 Å². The van der Waals surface area contributed by atoms with E-state index in [4.69, 9.17) is 5.73 Å². The van der Waals surface area contributed by atoms with Crippen molar-refractivity contribution in [1.29, 1.82) is 0 Å². The Bertz CT molecular complexity index is 996. The first-order valence-corrected chi connectivity index (χ1v) is 12.6. The highest BCUT2D eigenvalue weighted by molar-refractivity contribution is 7.91. The van der Waals surface area contributed by atoms with Gasteiger partial charge in [-0.3, -0.25) is 0 Å². The molecule has 2 atom stereocenters. The molecule has 1 aliphatic rings. The van der Waals surface area contributed by atoms with Crippen LogP contribution in [0, 0.1) is 0 Å². The largest absolute Gasteiger partial charge is 0.616 e. The van der Waals surface area contributed by atoms with E-state index in [2.05, 4.69) is 15.3 Å². The molecule has 2 unspecified atom stereocenters. The molecular weight excluding hydrogens is 414 g/mol. The van der Waals surface area contributed by atoms with Gasteiger partial charge in [-0.15, -0.1) is 0 Å². The molecule has 1 aromatic carbocycles. The van der Waals surface area contributed by atoms with Crippen molar-refractivity contribution in [3.63, 3.8) is 0 Å². The Hall–Kier alpha value is -2.37. The second-order valence-electron chi connectivity index (χ2n) is 7.02. The number of hydrogen-bond acceptors (Lipinski definition) is 7. The monoisotopic (exact) mass is 437 g/mol. The normalized spacial score (nSPS) is 17.9. The number of aromatic nitrogens is 2. The summed E-state index contributed by atoms with van der Waals surface area (Å²) in [7, 11) is -3.16. The van der Waals surface area contributed by atoms with Crippen LogP contribution in [0.1, 0.15) is 12.1 Å². The first kappa shape index (κ1) is 21.3. The summed E-state index contributed by atoms with van der Waals surface area (Å²) in [4.78, 5) is 22.5. The molecule has 3 rings (SSSR count). The first-order valence-electron chi connectivity index (χ1n) is 8.90. The number of hydrogen-bond donors (Lipinski definition) is 2. The van der Waals surface area contributed by atoms with Gasteiger partial charge in [-0.05, 0) is 30.7 Å². The lowest BCUT2D eigenvalue weighted by molar-refractivity contribution is 0.222. The molecule has 2 heterocycles. The first-order chi connectivity index (χ1) is 13.6. The maximum Gasteiger partial charge on any atom is 0.321 e. The van der Waals surface area contributed by atoms with Gasteiger partial charge in [0.15, 0.2) is 15.7 Å². The number of likely N-dealkylation sites (tertiary alicyclic amines) is 1. The van der Waals surface area contributed by atoms with Crippen LogP contribution in [-0.4, -0.2) is 64.7 Å². The van der Waals surface area contributed by atoms with Gasteiger partial charge in [0.2, 0.25) is 0 Å². The van der Waals surface area contributed by atoms with E-state index in [1.54, 1.807) is 36.6 Å². The van der Waals surface area contributed by atoms with Crippen LogP contribution in [0.5, 0.6) is 0 Å². The fraction of sp³-hybridized carbons (Fsp3) is 0.389. The molecule has 2 aromatic rings. The van der Waals surface area contributed by atoms with Gasteiger partial charge in [0.1, 0.15) is 11.6 Å². The second kappa shape index (κ2) is 8.56. The Balaban J connectivity index is 1.68. The van der Waals surface area contributed by atoms with E-state index in [-0.39, 0.29) is 18.3 Å². The average molecular weight is 438 g/mol. The molecule has 1 fully saturated rings. The fourth-order valence-corrected chi connectivity index (χ4v) is 4.65. The van der Waals surface area contributed by atoms with Gasteiger partial charge in [0.25, 0.3) is 0 Å². The summed E-state index contributed by atoms with van der Waals surface area (Å²) in [6.07, 6.45) is 3.23. The molecule has 0 saturated carbocycles. The molecule has 0 aliphatic carbocycles. The number of nitrogens with one attached hydrogen (secondary N) is 1. The van der Waals surface area contributed by atoms with Gasteiger partial charge in [-0.25, -0.2) is 23.2 Å². The Morgan fingerprint density at radius 1 is 1.34 bits per heavy atom. The Morgan fingerprint density at radius 3 is 2.62 bits per heavy atom. The summed E-state index contributed by atoms with van der Waals surface area (Å²) in [5, 5.41) is 2.26. The number of urea groups is 1. The Morgan fingerprint density at radius 2 is 2.03 bits per heavy atom. The molecule has 0 spiro atoms. The maximum absolute atomic E-state index is 12.4. The third kappa shape index (κ3) is 5.58. The number of amides is 2. The van der Waals surface area contributed by atoms with Crippen molar-refractivity contribution in [2.24, 2.45) is 0 Å². The van der Waals surface area contributed by atoms with Gasteiger partial charge < -0.3 is 20.5 Å². The van der Waals surface area contributed by atoms with E-state index in [1.165, 1.54) is 11.2 Å². The summed E-state index contributed by atoms with van der Waals surface area (Å²) < 4.78 is 34.7. The van der Waals surface area contributed by atoms with Crippen LogP contribution in [0.15, 0.2) is 30.3 Å². The topological polar surface area (TPSA) is 141 Å². The van der Waals surface area contributed by atoms with Crippen LogP contribution < -0.4 is 11.1 Å². The highest BCUT2D eigenvalue weighted by Gasteiger charge is 2.32. The molecule has 11 heteroatoms. The van der Waals surface area contributed by atoms with Crippen LogP contribution in [0.3, 0.4) is 0 Å². The quantitative estimate of drug-likeness (QED) is 0.671. The number of carbonyl (C=O) groups excluding carboxylic acids is 1. The number of rotatable bonds is 5. The summed E-state index contributed by atoms with van der Waals surface area (Å²) in [5.41, 5.74) is 7.70. The number of carbonyl (C=O) groups is 1. The van der Waals surface area contributed by atoms with Crippen LogP contribution in [0.2, 0.25) is 0 Å². The van der Waals surface area contributed by atoms with Crippen molar-refractivity contribution in [2.75, 3.05) is 36.7 Å². The second-order valence-corrected chi connectivity index (χ2v) is 10.8. The van der Waals surface area contributed by atoms with Gasteiger partial charge in [0, 0.05) is 36.7 Å². The summed E-state index contributed by atoms with van der Waals surface area (Å²) in [6, 6.07) is 8.18. The molecule has 0 radical (unpaired) electrons. The minimum absolute atomic E-state index is 0.196. The van der Waals surface area contributed by atoms with Crippen LogP contribution in [0.4, 0.5) is 16.3 Å². The predicted molar refractivity (Wildman–Crippen MR) is 113 cm³/mol. The third-order valence-electron chi connectivity index (χ3n) is 4.58. The van der Waals surface area contributed by atoms with E-state index in [0.717, 1.165) is 0 Å². The van der Waals surface area contributed by atoms with Crippen molar-refractivity contribution < 1.29 is 17.8 Å². The Kier molecular flexibility index (Phi) is 6.30. The van der Waals surface area contributed by atoms with E-state index in [9.17, 15) is 17.8 Å².